The van der Waals surface area contributed by atoms with Crippen molar-refractivity contribution < 1.29 is 17.9 Å². The number of carbonyl (C=O) groups is 1. The average Bonchev–Trinajstić information content (AvgIpc) is 3.37. The number of amides is 1. The molecule has 206 valence electrons. The third-order valence-electron chi connectivity index (χ3n) is 6.15. The quantitative estimate of drug-likeness (QED) is 0.225. The van der Waals surface area contributed by atoms with Crippen LogP contribution in [0.25, 0.3) is 10.2 Å². The molecule has 1 aromatic heterocycles. The number of para-hydroxylation sites is 2. The van der Waals surface area contributed by atoms with Gasteiger partial charge in [-0.3, -0.25) is 14.0 Å². The summed E-state index contributed by atoms with van der Waals surface area (Å²) in [7, 11) is 0.193. The van der Waals surface area contributed by atoms with Gasteiger partial charge in [-0.2, -0.15) is 0 Å². The number of thiazole rings is 1. The Kier molecular flexibility index (Phi) is 9.21. The molecule has 8 nitrogen and oxygen atoms in total. The highest BCUT2D eigenvalue weighted by molar-refractivity contribution is 7.92. The van der Waals surface area contributed by atoms with Crippen LogP contribution < -0.4 is 13.9 Å². The molecule has 0 radical (unpaired) electrons. The molecule has 0 saturated heterocycles. The number of fused-ring (bicyclic) bond motifs is 1. The fourth-order valence-electron chi connectivity index (χ4n) is 4.27. The minimum Gasteiger partial charge on any atom is -0.492 e. The Morgan fingerprint density at radius 2 is 1.64 bits per heavy atom. The van der Waals surface area contributed by atoms with Crippen molar-refractivity contribution in [2.75, 3.05) is 49.5 Å². The zero-order chi connectivity index (χ0) is 28.0. The number of carbonyl (C=O) groups excluding carboxylic acids is 1. The van der Waals surface area contributed by atoms with Gasteiger partial charge in [-0.05, 0) is 89.4 Å². The van der Waals surface area contributed by atoms with Crippen LogP contribution in [0.4, 0.5) is 10.8 Å². The molecular weight excluding hydrogens is 532 g/mol. The van der Waals surface area contributed by atoms with Gasteiger partial charge in [0, 0.05) is 18.7 Å². The molecule has 0 spiro atoms. The number of nitrogens with zero attached hydrogens (tertiary/aromatic N) is 4. The van der Waals surface area contributed by atoms with Crippen molar-refractivity contribution in [2.24, 2.45) is 0 Å². The second-order valence-corrected chi connectivity index (χ2v) is 12.0. The zero-order valence-corrected chi connectivity index (χ0v) is 24.3. The predicted octanol–water partition coefficient (Wildman–Crippen LogP) is 5.51. The minimum atomic E-state index is -3.79. The van der Waals surface area contributed by atoms with Crippen molar-refractivity contribution in [3.63, 3.8) is 0 Å². The van der Waals surface area contributed by atoms with Crippen LogP contribution in [-0.4, -0.2) is 64.5 Å². The lowest BCUT2D eigenvalue weighted by Gasteiger charge is -2.23. The summed E-state index contributed by atoms with van der Waals surface area (Å²) < 4.78 is 34.8. The Morgan fingerprint density at radius 1 is 0.923 bits per heavy atom. The summed E-state index contributed by atoms with van der Waals surface area (Å²) in [5, 5.41) is 0.582. The Balaban J connectivity index is 1.65. The van der Waals surface area contributed by atoms with Crippen molar-refractivity contribution in [1.29, 1.82) is 0 Å². The molecule has 0 N–H and O–H groups in total. The molecule has 0 aliphatic carbocycles. The van der Waals surface area contributed by atoms with E-state index in [-0.39, 0.29) is 17.3 Å². The number of ether oxygens (including phenoxy) is 1. The van der Waals surface area contributed by atoms with Gasteiger partial charge in [0.2, 0.25) is 0 Å². The summed E-state index contributed by atoms with van der Waals surface area (Å²) in [4.78, 5) is 22.4. The Bertz CT molecular complexity index is 1500. The molecule has 1 heterocycles. The van der Waals surface area contributed by atoms with Crippen LogP contribution >= 0.6 is 11.3 Å². The van der Waals surface area contributed by atoms with Crippen molar-refractivity contribution in [2.45, 2.75) is 25.2 Å². The molecule has 0 fully saturated rings. The molecule has 0 aliphatic heterocycles. The Hall–Kier alpha value is -3.47. The molecule has 10 heteroatoms. The molecule has 0 unspecified atom stereocenters. The van der Waals surface area contributed by atoms with Gasteiger partial charge in [0.1, 0.15) is 11.3 Å². The van der Waals surface area contributed by atoms with Crippen LogP contribution in [0.15, 0.2) is 77.7 Å². The number of hydrogen-bond donors (Lipinski definition) is 0. The largest absolute Gasteiger partial charge is 0.492 e. The molecule has 4 aromatic rings. The van der Waals surface area contributed by atoms with Crippen molar-refractivity contribution in [3.8, 4) is 5.75 Å². The van der Waals surface area contributed by atoms with Crippen LogP contribution in [0.5, 0.6) is 5.75 Å². The van der Waals surface area contributed by atoms with E-state index in [9.17, 15) is 13.2 Å². The number of aromatic nitrogens is 1. The van der Waals surface area contributed by atoms with E-state index in [1.807, 2.05) is 45.3 Å². The summed E-state index contributed by atoms with van der Waals surface area (Å²) in [5.74, 6) is 0.455. The van der Waals surface area contributed by atoms with Crippen LogP contribution in [0.2, 0.25) is 0 Å². The zero-order valence-electron chi connectivity index (χ0n) is 22.7. The molecule has 0 saturated carbocycles. The highest BCUT2D eigenvalue weighted by Gasteiger charge is 2.26. The van der Waals surface area contributed by atoms with E-state index in [0.29, 0.717) is 35.3 Å². The van der Waals surface area contributed by atoms with E-state index >= 15 is 0 Å². The molecule has 4 rings (SSSR count). The van der Waals surface area contributed by atoms with E-state index < -0.39 is 10.0 Å². The lowest BCUT2D eigenvalue weighted by atomic mass is 10.2. The highest BCUT2D eigenvalue weighted by atomic mass is 32.2. The maximum atomic E-state index is 13.8. The van der Waals surface area contributed by atoms with Crippen molar-refractivity contribution in [1.82, 2.24) is 9.88 Å². The van der Waals surface area contributed by atoms with Crippen LogP contribution in [0, 0.1) is 0 Å². The molecular formula is C29H34N4O4S2. The lowest BCUT2D eigenvalue weighted by molar-refractivity contribution is 0.0986. The second kappa shape index (κ2) is 12.6. The van der Waals surface area contributed by atoms with Gasteiger partial charge in [-0.1, -0.05) is 35.6 Å². The first kappa shape index (κ1) is 28.5. The summed E-state index contributed by atoms with van der Waals surface area (Å²) >= 11 is 1.44. The summed E-state index contributed by atoms with van der Waals surface area (Å²) in [6, 6.07) is 20.9. The van der Waals surface area contributed by atoms with Crippen LogP contribution in [0.3, 0.4) is 0 Å². The van der Waals surface area contributed by atoms with Gasteiger partial charge in [0.15, 0.2) is 5.13 Å². The van der Waals surface area contributed by atoms with Gasteiger partial charge in [0.05, 0.1) is 21.9 Å². The number of hydrogen-bond acceptors (Lipinski definition) is 7. The van der Waals surface area contributed by atoms with Gasteiger partial charge in [-0.25, -0.2) is 13.4 Å². The summed E-state index contributed by atoms with van der Waals surface area (Å²) in [5.41, 5.74) is 1.71. The molecule has 0 aliphatic rings. The number of sulfonamides is 1. The maximum absolute atomic E-state index is 13.8. The number of anilines is 2. The van der Waals surface area contributed by atoms with Gasteiger partial charge >= 0.3 is 0 Å². The van der Waals surface area contributed by atoms with Crippen LogP contribution in [0.1, 0.15) is 30.6 Å². The molecule has 0 atom stereocenters. The minimum absolute atomic E-state index is 0.130. The van der Waals surface area contributed by atoms with Gasteiger partial charge in [0.25, 0.3) is 15.9 Å². The van der Waals surface area contributed by atoms with Crippen LogP contribution in [-0.2, 0) is 10.0 Å². The average molecular weight is 567 g/mol. The van der Waals surface area contributed by atoms with Crippen molar-refractivity contribution >= 4 is 48.3 Å². The fraction of sp³-hybridized carbons (Fsp3) is 0.310. The molecule has 1 amide bonds. The second-order valence-electron chi connectivity index (χ2n) is 9.18. The van der Waals surface area contributed by atoms with E-state index in [4.69, 9.17) is 9.72 Å². The van der Waals surface area contributed by atoms with E-state index in [2.05, 4.69) is 4.90 Å². The van der Waals surface area contributed by atoms with E-state index in [0.717, 1.165) is 23.2 Å². The molecule has 0 bridgehead atoms. The Labute approximate surface area is 234 Å². The number of rotatable bonds is 12. The smallest absolute Gasteiger partial charge is 0.264 e. The fourth-order valence-corrected chi connectivity index (χ4v) is 6.75. The predicted molar refractivity (Wildman–Crippen MR) is 159 cm³/mol. The third-order valence-corrected chi connectivity index (χ3v) is 9.12. The van der Waals surface area contributed by atoms with Crippen molar-refractivity contribution in [3.05, 3.63) is 78.4 Å². The Morgan fingerprint density at radius 3 is 2.28 bits per heavy atom. The highest BCUT2D eigenvalue weighted by Crippen LogP contribution is 2.35. The standard InChI is InChI=1S/C29H34N4O4S2/c1-5-33(23-12-8-7-9-13-23)39(35,36)24-18-16-22(17-19-24)28(34)32(21-11-20-31(3)4)29-30-27-25(37-6-2)14-10-15-26(27)38-29/h7-10,12-19H,5-6,11,20-21H2,1-4H3. The number of benzene rings is 3. The SMILES string of the molecule is CCOc1cccc2sc(N(CCCN(C)C)C(=O)c3ccc(S(=O)(=O)N(CC)c4ccccc4)cc3)nc12. The summed E-state index contributed by atoms with van der Waals surface area (Å²) in [6.07, 6.45) is 0.752. The third kappa shape index (κ3) is 6.41. The molecule has 39 heavy (non-hydrogen) atoms. The topological polar surface area (TPSA) is 83.0 Å². The van der Waals surface area contributed by atoms with Gasteiger partial charge < -0.3 is 9.64 Å². The normalized spacial score (nSPS) is 11.6. The first-order valence-electron chi connectivity index (χ1n) is 12.9. The maximum Gasteiger partial charge on any atom is 0.264 e. The van der Waals surface area contributed by atoms with E-state index in [1.165, 1.54) is 27.8 Å². The summed E-state index contributed by atoms with van der Waals surface area (Å²) in [6.45, 7) is 5.80. The molecule has 3 aromatic carbocycles. The lowest BCUT2D eigenvalue weighted by Crippen LogP contribution is -2.33. The first-order chi connectivity index (χ1) is 18.8. The first-order valence-corrected chi connectivity index (χ1v) is 15.2. The monoisotopic (exact) mass is 566 g/mol. The van der Waals surface area contributed by atoms with E-state index in [1.54, 1.807) is 48.2 Å². The van der Waals surface area contributed by atoms with Gasteiger partial charge in [-0.15, -0.1) is 0 Å².